The smallest absolute Gasteiger partial charge is 0.250 e. The zero-order valence-corrected chi connectivity index (χ0v) is 17.5. The normalized spacial score (nSPS) is 11.1. The summed E-state index contributed by atoms with van der Waals surface area (Å²) in [4.78, 5) is 24.0. The summed E-state index contributed by atoms with van der Waals surface area (Å²) in [6, 6.07) is 17.1. The Labute approximate surface area is 181 Å². The van der Waals surface area contributed by atoms with Crippen LogP contribution in [0, 0.1) is 0 Å². The van der Waals surface area contributed by atoms with E-state index in [4.69, 9.17) is 9.72 Å². The van der Waals surface area contributed by atoms with Crippen LogP contribution in [0.4, 0.5) is 5.13 Å². The Morgan fingerprint density at radius 1 is 1.13 bits per heavy atom. The van der Waals surface area contributed by atoms with Crippen LogP contribution in [0.2, 0.25) is 0 Å². The van der Waals surface area contributed by atoms with Crippen LogP contribution in [0.25, 0.3) is 21.3 Å². The molecule has 31 heavy (non-hydrogen) atoms. The molecule has 0 radical (unpaired) electrons. The number of pyridine rings is 1. The number of hydrogen-bond donors (Lipinski definition) is 0. The number of carbonyl (C=O) groups excluding carboxylic acids is 1. The maximum Gasteiger partial charge on any atom is 0.250 e. The number of benzene rings is 2. The van der Waals surface area contributed by atoms with E-state index >= 15 is 0 Å². The van der Waals surface area contributed by atoms with E-state index < -0.39 is 0 Å². The van der Waals surface area contributed by atoms with Gasteiger partial charge in [0.05, 0.1) is 29.4 Å². The summed E-state index contributed by atoms with van der Waals surface area (Å²) in [7, 11) is 1.62. The van der Waals surface area contributed by atoms with Gasteiger partial charge in [0.1, 0.15) is 17.8 Å². The Morgan fingerprint density at radius 3 is 2.87 bits per heavy atom. The number of aromatic nitrogens is 5. The fourth-order valence-corrected chi connectivity index (χ4v) is 4.28. The molecule has 8 nitrogen and oxygen atoms in total. The number of nitrogens with zero attached hydrogens (tertiary/aromatic N) is 6. The molecule has 0 aliphatic rings. The van der Waals surface area contributed by atoms with Gasteiger partial charge < -0.3 is 4.74 Å². The van der Waals surface area contributed by atoms with Crippen LogP contribution in [0.1, 0.15) is 5.56 Å². The predicted molar refractivity (Wildman–Crippen MR) is 119 cm³/mol. The maximum absolute atomic E-state index is 13.4. The van der Waals surface area contributed by atoms with Gasteiger partial charge in [0.25, 0.3) is 5.91 Å². The lowest BCUT2D eigenvalue weighted by Gasteiger charge is -2.20. The van der Waals surface area contributed by atoms with Crippen molar-refractivity contribution >= 4 is 43.6 Å². The molecule has 0 unspecified atom stereocenters. The molecule has 0 saturated heterocycles. The molecular weight excluding hydrogens is 412 g/mol. The van der Waals surface area contributed by atoms with E-state index in [0.717, 1.165) is 32.6 Å². The fraction of sp³-hybridized carbons (Fsp3) is 0.136. The molecule has 9 heteroatoms. The molecule has 5 aromatic rings. The van der Waals surface area contributed by atoms with Crippen LogP contribution in [-0.2, 0) is 17.9 Å². The standard InChI is InChI=1S/C22H18N6O2S/c1-30-16-8-9-20-18(11-16)24-22(31-20)27(13-15-5-4-10-23-12-15)21(29)14-28-19-7-3-2-6-17(19)25-26-28/h2-12H,13-14H2,1H3. The van der Waals surface area contributed by atoms with Crippen LogP contribution in [0.3, 0.4) is 0 Å². The van der Waals surface area contributed by atoms with Gasteiger partial charge in [-0.05, 0) is 35.9 Å². The van der Waals surface area contributed by atoms with E-state index in [1.807, 2.05) is 54.6 Å². The second-order valence-corrected chi connectivity index (χ2v) is 7.92. The van der Waals surface area contributed by atoms with Gasteiger partial charge in [0, 0.05) is 18.5 Å². The maximum atomic E-state index is 13.4. The molecule has 0 fully saturated rings. The van der Waals surface area contributed by atoms with E-state index in [1.54, 1.807) is 29.1 Å². The average molecular weight is 430 g/mol. The quantitative estimate of drug-likeness (QED) is 0.409. The molecule has 2 aromatic carbocycles. The first-order valence-electron chi connectivity index (χ1n) is 9.63. The summed E-state index contributed by atoms with van der Waals surface area (Å²) in [5.74, 6) is 0.592. The van der Waals surface area contributed by atoms with E-state index in [2.05, 4.69) is 15.3 Å². The third kappa shape index (κ3) is 3.82. The Bertz CT molecular complexity index is 1360. The first-order chi connectivity index (χ1) is 15.2. The Kier molecular flexibility index (Phi) is 5.01. The second kappa shape index (κ2) is 8.11. The van der Waals surface area contributed by atoms with Gasteiger partial charge in [-0.1, -0.05) is 34.7 Å². The lowest BCUT2D eigenvalue weighted by molar-refractivity contribution is -0.119. The average Bonchev–Trinajstić information content (AvgIpc) is 3.41. The number of amides is 1. The molecule has 0 N–H and O–H groups in total. The molecule has 5 rings (SSSR count). The number of anilines is 1. The van der Waals surface area contributed by atoms with Crippen molar-refractivity contribution in [3.05, 3.63) is 72.6 Å². The van der Waals surface area contributed by atoms with Gasteiger partial charge in [0.15, 0.2) is 5.13 Å². The Morgan fingerprint density at radius 2 is 2.03 bits per heavy atom. The first kappa shape index (κ1) is 19.1. The number of rotatable bonds is 6. The zero-order chi connectivity index (χ0) is 21.2. The van der Waals surface area contributed by atoms with Crippen LogP contribution < -0.4 is 9.64 Å². The molecule has 154 valence electrons. The Balaban J connectivity index is 1.51. The zero-order valence-electron chi connectivity index (χ0n) is 16.7. The monoisotopic (exact) mass is 430 g/mol. The van der Waals surface area contributed by atoms with Crippen LogP contribution in [-0.4, -0.2) is 38.0 Å². The van der Waals surface area contributed by atoms with Crippen LogP contribution in [0.5, 0.6) is 5.75 Å². The first-order valence-corrected chi connectivity index (χ1v) is 10.4. The molecule has 1 amide bonds. The van der Waals surface area contributed by atoms with Crippen LogP contribution in [0.15, 0.2) is 67.0 Å². The highest BCUT2D eigenvalue weighted by Gasteiger charge is 2.22. The van der Waals surface area contributed by atoms with Crippen molar-refractivity contribution in [1.29, 1.82) is 0 Å². The van der Waals surface area contributed by atoms with E-state index in [0.29, 0.717) is 11.7 Å². The van der Waals surface area contributed by atoms with Crippen molar-refractivity contribution in [3.63, 3.8) is 0 Å². The molecular formula is C22H18N6O2S. The summed E-state index contributed by atoms with van der Waals surface area (Å²) in [5.41, 5.74) is 3.26. The number of thiazole rings is 1. The van der Waals surface area contributed by atoms with E-state index in [1.165, 1.54) is 11.3 Å². The van der Waals surface area contributed by atoms with Crippen molar-refractivity contribution in [2.24, 2.45) is 0 Å². The minimum atomic E-state index is -0.134. The summed E-state index contributed by atoms with van der Waals surface area (Å²) in [6.45, 7) is 0.413. The molecule has 0 aliphatic carbocycles. The summed E-state index contributed by atoms with van der Waals surface area (Å²) in [6.07, 6.45) is 3.46. The molecule has 0 aliphatic heterocycles. The highest BCUT2D eigenvalue weighted by Crippen LogP contribution is 2.32. The van der Waals surface area contributed by atoms with Crippen molar-refractivity contribution < 1.29 is 9.53 Å². The highest BCUT2D eigenvalue weighted by atomic mass is 32.1. The minimum Gasteiger partial charge on any atom is -0.497 e. The van der Waals surface area contributed by atoms with Gasteiger partial charge in [-0.25, -0.2) is 9.67 Å². The third-order valence-corrected chi connectivity index (χ3v) is 5.94. The van der Waals surface area contributed by atoms with Crippen molar-refractivity contribution in [1.82, 2.24) is 25.0 Å². The molecule has 0 spiro atoms. The predicted octanol–water partition coefficient (Wildman–Crippen LogP) is 3.68. The van der Waals surface area contributed by atoms with Gasteiger partial charge in [-0.15, -0.1) is 5.10 Å². The van der Waals surface area contributed by atoms with Gasteiger partial charge >= 0.3 is 0 Å². The number of methoxy groups -OCH3 is 1. The van der Waals surface area contributed by atoms with Crippen LogP contribution >= 0.6 is 11.3 Å². The lowest BCUT2D eigenvalue weighted by Crippen LogP contribution is -2.33. The van der Waals surface area contributed by atoms with Crippen molar-refractivity contribution in [3.8, 4) is 5.75 Å². The van der Waals surface area contributed by atoms with E-state index in [-0.39, 0.29) is 12.5 Å². The fourth-order valence-electron chi connectivity index (χ4n) is 3.32. The van der Waals surface area contributed by atoms with Gasteiger partial charge in [0.2, 0.25) is 0 Å². The van der Waals surface area contributed by atoms with E-state index in [9.17, 15) is 4.79 Å². The number of carbonyl (C=O) groups is 1. The minimum absolute atomic E-state index is 0.0556. The number of ether oxygens (including phenoxy) is 1. The lowest BCUT2D eigenvalue weighted by atomic mass is 10.2. The Hall–Kier alpha value is -3.85. The molecule has 3 aromatic heterocycles. The van der Waals surface area contributed by atoms with Crippen molar-refractivity contribution in [2.45, 2.75) is 13.1 Å². The number of hydrogen-bond acceptors (Lipinski definition) is 7. The number of para-hydroxylation sites is 1. The molecule has 0 saturated carbocycles. The summed E-state index contributed by atoms with van der Waals surface area (Å²) >= 11 is 1.46. The van der Waals surface area contributed by atoms with Gasteiger partial charge in [-0.3, -0.25) is 14.7 Å². The summed E-state index contributed by atoms with van der Waals surface area (Å²) in [5, 5.41) is 8.92. The highest BCUT2D eigenvalue weighted by molar-refractivity contribution is 7.22. The summed E-state index contributed by atoms with van der Waals surface area (Å²) < 4.78 is 7.90. The topological polar surface area (TPSA) is 86.0 Å². The SMILES string of the molecule is COc1ccc2sc(N(Cc3cccnc3)C(=O)Cn3nnc4ccccc43)nc2c1. The van der Waals surface area contributed by atoms with Gasteiger partial charge in [-0.2, -0.15) is 0 Å². The second-order valence-electron chi connectivity index (χ2n) is 6.91. The van der Waals surface area contributed by atoms with Crippen molar-refractivity contribution in [2.75, 3.05) is 12.0 Å². The third-order valence-electron chi connectivity index (χ3n) is 4.88. The number of fused-ring (bicyclic) bond motifs is 2. The largest absolute Gasteiger partial charge is 0.497 e. The molecule has 0 bridgehead atoms. The molecule has 3 heterocycles. The molecule has 0 atom stereocenters.